The molecule has 2 aromatic heterocycles. The van der Waals surface area contributed by atoms with Crippen LogP contribution >= 0.6 is 0 Å². The summed E-state index contributed by atoms with van der Waals surface area (Å²) in [4.78, 5) is 62.4. The summed E-state index contributed by atoms with van der Waals surface area (Å²) in [5.74, 6) is -6.92. The zero-order valence-corrected chi connectivity index (χ0v) is 17.8. The molecular formula is C22H20N4O8. The minimum atomic E-state index is -2.17. The fourth-order valence-corrected chi connectivity index (χ4v) is 3.44. The molecule has 0 aliphatic carbocycles. The number of primary amides is 1. The van der Waals surface area contributed by atoms with E-state index in [-0.39, 0.29) is 16.8 Å². The van der Waals surface area contributed by atoms with Gasteiger partial charge in [0.2, 0.25) is 11.9 Å². The van der Waals surface area contributed by atoms with E-state index in [9.17, 15) is 24.0 Å². The van der Waals surface area contributed by atoms with Gasteiger partial charge < -0.3 is 30.6 Å². The number of fused-ring (bicyclic) bond motifs is 1. The Kier molecular flexibility index (Phi) is 6.90. The number of ketones is 1. The number of pyridine rings is 1. The molecule has 3 aromatic rings. The number of Topliss-reactive ketones (excluding diaryl/α,β-unsaturated/α-hetero) is 1. The van der Waals surface area contributed by atoms with Crippen molar-refractivity contribution in [1.82, 2.24) is 14.9 Å². The number of nitrogens with one attached hydrogen (secondary N) is 1. The predicted molar refractivity (Wildman–Crippen MR) is 116 cm³/mol. The highest BCUT2D eigenvalue weighted by Gasteiger charge is 2.29. The van der Waals surface area contributed by atoms with Crippen molar-refractivity contribution in [1.29, 1.82) is 0 Å². The van der Waals surface area contributed by atoms with Crippen LogP contribution in [0.2, 0.25) is 0 Å². The van der Waals surface area contributed by atoms with Crippen LogP contribution in [0.4, 0.5) is 0 Å². The number of benzene rings is 1. The third-order valence-corrected chi connectivity index (χ3v) is 4.98. The van der Waals surface area contributed by atoms with Crippen molar-refractivity contribution in [3.05, 3.63) is 59.4 Å². The van der Waals surface area contributed by atoms with E-state index in [0.717, 1.165) is 5.56 Å². The first-order valence-electron chi connectivity index (χ1n) is 9.85. The van der Waals surface area contributed by atoms with Gasteiger partial charge in [-0.3, -0.25) is 14.4 Å². The molecule has 3 rings (SSSR count). The lowest BCUT2D eigenvalue weighted by Crippen LogP contribution is -2.47. The topological polar surface area (TPSA) is 191 Å². The first kappa shape index (κ1) is 23.9. The Labute approximate surface area is 191 Å². The highest BCUT2D eigenvalue weighted by Crippen LogP contribution is 2.33. The van der Waals surface area contributed by atoms with Crippen LogP contribution in [0, 0.1) is 6.92 Å². The average molecular weight is 468 g/mol. The molecular weight excluding hydrogens is 448 g/mol. The molecule has 0 saturated heterocycles. The van der Waals surface area contributed by atoms with E-state index in [4.69, 9.17) is 20.7 Å². The lowest BCUT2D eigenvalue weighted by molar-refractivity contribution is -0.153. The molecule has 0 spiro atoms. The molecule has 176 valence electrons. The van der Waals surface area contributed by atoms with Crippen LogP contribution in [0.25, 0.3) is 10.9 Å². The van der Waals surface area contributed by atoms with Crippen LogP contribution in [0.1, 0.15) is 21.6 Å². The van der Waals surface area contributed by atoms with Crippen LogP contribution in [-0.4, -0.2) is 61.9 Å². The van der Waals surface area contributed by atoms with Crippen LogP contribution < -0.4 is 15.8 Å². The molecule has 2 amide bonds. The Morgan fingerprint density at radius 3 is 2.32 bits per heavy atom. The molecule has 5 N–H and O–H groups in total. The minimum absolute atomic E-state index is 0.0455. The number of carbonyl (C=O) groups is 5. The molecule has 0 bridgehead atoms. The van der Waals surface area contributed by atoms with E-state index in [1.54, 1.807) is 22.9 Å². The van der Waals surface area contributed by atoms with E-state index in [1.165, 1.54) is 6.20 Å². The van der Waals surface area contributed by atoms with Crippen molar-refractivity contribution >= 4 is 40.4 Å². The van der Waals surface area contributed by atoms with Crippen molar-refractivity contribution in [3.63, 3.8) is 0 Å². The Balaban J connectivity index is 2.01. The predicted octanol–water partition coefficient (Wildman–Crippen LogP) is 0.0938. The molecule has 0 aliphatic heterocycles. The maximum atomic E-state index is 12.6. The number of rotatable bonds is 10. The first-order chi connectivity index (χ1) is 16.1. The number of amides is 2. The van der Waals surface area contributed by atoms with Gasteiger partial charge in [-0.05, 0) is 18.6 Å². The van der Waals surface area contributed by atoms with Gasteiger partial charge in [0, 0.05) is 18.4 Å². The second-order valence-electron chi connectivity index (χ2n) is 7.20. The first-order valence-corrected chi connectivity index (χ1v) is 9.85. The Bertz CT molecular complexity index is 1290. The SMILES string of the molecule is Cc1c(C(=O)C(N)=O)c2c(OCC(=O)NC(C(=O)O)C(=O)O)nccc2n1Cc1ccccc1. The van der Waals surface area contributed by atoms with Crippen molar-refractivity contribution in [2.45, 2.75) is 19.5 Å². The van der Waals surface area contributed by atoms with Crippen LogP contribution in [0.5, 0.6) is 5.88 Å². The molecule has 0 atom stereocenters. The number of hydrogen-bond acceptors (Lipinski definition) is 7. The third kappa shape index (κ3) is 4.85. The lowest BCUT2D eigenvalue weighted by atomic mass is 10.1. The average Bonchev–Trinajstić information content (AvgIpc) is 3.07. The van der Waals surface area contributed by atoms with E-state index >= 15 is 0 Å². The highest BCUT2D eigenvalue weighted by molar-refractivity contribution is 6.45. The molecule has 12 nitrogen and oxygen atoms in total. The summed E-state index contributed by atoms with van der Waals surface area (Å²) in [6, 6.07) is 8.74. The van der Waals surface area contributed by atoms with E-state index in [0.29, 0.717) is 17.8 Å². The Morgan fingerprint density at radius 1 is 1.09 bits per heavy atom. The third-order valence-electron chi connectivity index (χ3n) is 4.98. The fraction of sp³-hybridized carbons (Fsp3) is 0.182. The van der Waals surface area contributed by atoms with Crippen LogP contribution in [0.15, 0.2) is 42.6 Å². The number of aromatic nitrogens is 2. The number of carboxylic acid groups (broad SMARTS) is 2. The summed E-state index contributed by atoms with van der Waals surface area (Å²) < 4.78 is 7.17. The summed E-state index contributed by atoms with van der Waals surface area (Å²) in [7, 11) is 0. The van der Waals surface area contributed by atoms with E-state index in [2.05, 4.69) is 4.98 Å². The number of aliphatic carboxylic acids is 2. The normalized spacial score (nSPS) is 10.8. The summed E-state index contributed by atoms with van der Waals surface area (Å²) in [6.45, 7) is 1.17. The van der Waals surface area contributed by atoms with Crippen molar-refractivity contribution in [2.24, 2.45) is 5.73 Å². The molecule has 0 aliphatic rings. The largest absolute Gasteiger partial charge is 0.479 e. The van der Waals surface area contributed by atoms with Gasteiger partial charge in [-0.2, -0.15) is 0 Å². The number of ether oxygens (including phenoxy) is 1. The van der Waals surface area contributed by atoms with Crippen molar-refractivity contribution in [2.75, 3.05) is 6.61 Å². The van der Waals surface area contributed by atoms with Crippen LogP contribution in [-0.2, 0) is 25.7 Å². The zero-order chi connectivity index (χ0) is 25.0. The van der Waals surface area contributed by atoms with Crippen molar-refractivity contribution in [3.8, 4) is 5.88 Å². The molecule has 0 unspecified atom stereocenters. The second kappa shape index (κ2) is 9.81. The van der Waals surface area contributed by atoms with Gasteiger partial charge in [-0.1, -0.05) is 30.3 Å². The summed E-state index contributed by atoms with van der Waals surface area (Å²) in [5, 5.41) is 19.7. The maximum absolute atomic E-state index is 12.6. The molecule has 12 heteroatoms. The number of hydrogen-bond donors (Lipinski definition) is 4. The van der Waals surface area contributed by atoms with E-state index < -0.39 is 42.2 Å². The smallest absolute Gasteiger partial charge is 0.338 e. The standard InChI is InChI=1S/C22H20N4O8/c1-11-15(18(28)19(23)29)16-13(26(11)9-12-5-3-2-4-6-12)7-8-24-20(16)34-10-14(27)25-17(21(30)31)22(32)33/h2-8,17H,9-10H2,1H3,(H2,23,29)(H,25,27)(H,30,31)(H,32,33). The molecule has 0 radical (unpaired) electrons. The van der Waals surface area contributed by atoms with E-state index in [1.807, 2.05) is 30.3 Å². The minimum Gasteiger partial charge on any atom is -0.479 e. The quantitative estimate of drug-likeness (QED) is 0.181. The number of carbonyl (C=O) groups excluding carboxylic acids is 3. The number of nitrogens with two attached hydrogens (primary N) is 1. The molecule has 34 heavy (non-hydrogen) atoms. The molecule has 0 fully saturated rings. The summed E-state index contributed by atoms with van der Waals surface area (Å²) in [6.07, 6.45) is 1.37. The molecule has 0 saturated carbocycles. The zero-order valence-electron chi connectivity index (χ0n) is 17.8. The monoisotopic (exact) mass is 468 g/mol. The molecule has 1 aromatic carbocycles. The van der Waals surface area contributed by atoms with Gasteiger partial charge in [0.25, 0.3) is 17.6 Å². The summed E-state index contributed by atoms with van der Waals surface area (Å²) in [5.41, 5.74) is 7.00. The van der Waals surface area contributed by atoms with Gasteiger partial charge in [0.15, 0.2) is 6.61 Å². The lowest BCUT2D eigenvalue weighted by Gasteiger charge is -2.11. The fourth-order valence-electron chi connectivity index (χ4n) is 3.44. The van der Waals surface area contributed by atoms with Gasteiger partial charge in [-0.25, -0.2) is 14.6 Å². The summed E-state index contributed by atoms with van der Waals surface area (Å²) >= 11 is 0. The number of carboxylic acids is 2. The second-order valence-corrected chi connectivity index (χ2v) is 7.20. The van der Waals surface area contributed by atoms with Gasteiger partial charge in [0.05, 0.1) is 16.5 Å². The van der Waals surface area contributed by atoms with Gasteiger partial charge in [-0.15, -0.1) is 0 Å². The van der Waals surface area contributed by atoms with Gasteiger partial charge >= 0.3 is 11.9 Å². The maximum Gasteiger partial charge on any atom is 0.338 e. The van der Waals surface area contributed by atoms with Gasteiger partial charge in [0.1, 0.15) is 0 Å². The Hall–Kier alpha value is -4.74. The molecule has 2 heterocycles. The highest BCUT2D eigenvalue weighted by atomic mass is 16.5. The Morgan fingerprint density at radius 2 is 1.74 bits per heavy atom. The van der Waals surface area contributed by atoms with Crippen molar-refractivity contribution < 1.29 is 38.9 Å². The van der Waals surface area contributed by atoms with Crippen LogP contribution in [0.3, 0.4) is 0 Å². The number of nitrogens with zero attached hydrogens (tertiary/aromatic N) is 2.